The zero-order valence-corrected chi connectivity index (χ0v) is 19.7. The molecule has 1 aliphatic heterocycles. The van der Waals surface area contributed by atoms with Crippen LogP contribution in [0.15, 0.2) is 48.8 Å². The lowest BCUT2D eigenvalue weighted by molar-refractivity contribution is 0.114. The van der Waals surface area contributed by atoms with E-state index in [1.165, 1.54) is 5.39 Å². The Labute approximate surface area is 194 Å². The number of hydrogen-bond acceptors (Lipinski definition) is 6. The first-order valence-electron chi connectivity index (χ1n) is 11.6. The zero-order chi connectivity index (χ0) is 22.9. The van der Waals surface area contributed by atoms with E-state index in [-0.39, 0.29) is 6.10 Å². The van der Waals surface area contributed by atoms with Gasteiger partial charge >= 0.3 is 0 Å². The number of piperidine rings is 1. The first-order valence-corrected chi connectivity index (χ1v) is 11.6. The van der Waals surface area contributed by atoms with Gasteiger partial charge in [0.25, 0.3) is 0 Å². The van der Waals surface area contributed by atoms with Crippen molar-refractivity contribution in [2.45, 2.75) is 38.8 Å². The average Bonchev–Trinajstić information content (AvgIpc) is 3.27. The van der Waals surface area contributed by atoms with Crippen molar-refractivity contribution >= 4 is 33.4 Å². The average molecular weight is 446 g/mol. The van der Waals surface area contributed by atoms with Crippen molar-refractivity contribution in [2.75, 3.05) is 32.6 Å². The summed E-state index contributed by atoms with van der Waals surface area (Å²) in [6, 6.07) is 12.6. The quantitative estimate of drug-likeness (QED) is 0.429. The summed E-state index contributed by atoms with van der Waals surface area (Å²) in [6.45, 7) is 6.49. The lowest BCUT2D eigenvalue weighted by Crippen LogP contribution is -2.35. The van der Waals surface area contributed by atoms with Crippen molar-refractivity contribution in [1.29, 1.82) is 0 Å². The molecular weight excluding hydrogens is 414 g/mol. The van der Waals surface area contributed by atoms with Gasteiger partial charge < -0.3 is 24.3 Å². The van der Waals surface area contributed by atoms with Gasteiger partial charge in [-0.3, -0.25) is 0 Å². The second kappa shape index (κ2) is 8.90. The van der Waals surface area contributed by atoms with Gasteiger partial charge in [-0.05, 0) is 51.9 Å². The van der Waals surface area contributed by atoms with Crippen LogP contribution in [0.2, 0.25) is 0 Å². The van der Waals surface area contributed by atoms with Crippen molar-refractivity contribution in [3.63, 3.8) is 0 Å². The summed E-state index contributed by atoms with van der Waals surface area (Å²) in [4.78, 5) is 11.8. The van der Waals surface area contributed by atoms with Crippen LogP contribution in [0.3, 0.4) is 0 Å². The van der Waals surface area contributed by atoms with E-state index >= 15 is 0 Å². The van der Waals surface area contributed by atoms with Crippen molar-refractivity contribution < 1.29 is 9.47 Å². The van der Waals surface area contributed by atoms with Gasteiger partial charge in [0.2, 0.25) is 5.95 Å². The molecule has 0 bridgehead atoms. The molecule has 4 aromatic rings. The van der Waals surface area contributed by atoms with Crippen LogP contribution in [0.1, 0.15) is 32.7 Å². The minimum atomic E-state index is 0.244. The summed E-state index contributed by atoms with van der Waals surface area (Å²) in [7, 11) is 3.82. The molecule has 33 heavy (non-hydrogen) atoms. The third-order valence-electron chi connectivity index (χ3n) is 6.37. The Hall–Kier alpha value is -3.32. The molecule has 172 valence electrons. The van der Waals surface area contributed by atoms with Gasteiger partial charge in [0.1, 0.15) is 23.1 Å². The maximum Gasteiger partial charge on any atom is 0.227 e. The van der Waals surface area contributed by atoms with E-state index in [1.54, 1.807) is 7.11 Å². The number of likely N-dealkylation sites (tertiary alicyclic amines) is 1. The normalized spacial score (nSPS) is 15.4. The second-order valence-corrected chi connectivity index (χ2v) is 9.06. The van der Waals surface area contributed by atoms with E-state index in [4.69, 9.17) is 14.5 Å². The molecule has 1 aliphatic rings. The number of hydrogen-bond donors (Lipinski definition) is 1. The Bertz CT molecular complexity index is 1270. The number of aromatic nitrogens is 3. The molecule has 0 spiro atoms. The lowest BCUT2D eigenvalue weighted by Gasteiger charge is -2.29. The summed E-state index contributed by atoms with van der Waals surface area (Å²) < 4.78 is 14.1. The molecule has 0 unspecified atom stereocenters. The van der Waals surface area contributed by atoms with E-state index in [9.17, 15) is 0 Å². The molecule has 5 rings (SSSR count). The van der Waals surface area contributed by atoms with Crippen LogP contribution in [0, 0.1) is 0 Å². The minimum Gasteiger partial charge on any atom is -0.494 e. The summed E-state index contributed by atoms with van der Waals surface area (Å²) in [5, 5.41) is 5.53. The molecule has 7 heteroatoms. The molecule has 1 N–H and O–H groups in total. The van der Waals surface area contributed by atoms with E-state index in [1.807, 2.05) is 24.4 Å². The number of nitrogens with one attached hydrogen (secondary N) is 1. The third kappa shape index (κ3) is 4.33. The number of anilines is 2. The molecule has 0 aliphatic carbocycles. The number of nitrogens with zero attached hydrogens (tertiary/aromatic N) is 4. The highest BCUT2D eigenvalue weighted by molar-refractivity contribution is 6.03. The standard InChI is InChI=1S/C26H31N5O2/c1-17(2)31-14-9-18-5-6-19-16-27-26(29-24(19)25(18)31)28-22-8-7-21(15-23(22)32-4)33-20-10-12-30(3)13-11-20/h5-9,14-17,20H,10-13H2,1-4H3,(H,27,28,29). The van der Waals surface area contributed by atoms with Gasteiger partial charge in [0, 0.05) is 48.4 Å². The fourth-order valence-corrected chi connectivity index (χ4v) is 4.49. The number of fused-ring (bicyclic) bond motifs is 3. The van der Waals surface area contributed by atoms with Crippen LogP contribution in [0.25, 0.3) is 21.8 Å². The predicted molar refractivity (Wildman–Crippen MR) is 133 cm³/mol. The molecule has 1 fully saturated rings. The van der Waals surface area contributed by atoms with Crippen LogP contribution >= 0.6 is 0 Å². The van der Waals surface area contributed by atoms with Gasteiger partial charge in [0.05, 0.1) is 18.3 Å². The summed E-state index contributed by atoms with van der Waals surface area (Å²) >= 11 is 0. The van der Waals surface area contributed by atoms with Crippen LogP contribution in [-0.2, 0) is 0 Å². The van der Waals surface area contributed by atoms with Gasteiger partial charge in [-0.1, -0.05) is 12.1 Å². The van der Waals surface area contributed by atoms with Gasteiger partial charge in [0.15, 0.2) is 0 Å². The highest BCUT2D eigenvalue weighted by atomic mass is 16.5. The number of rotatable bonds is 6. The zero-order valence-electron chi connectivity index (χ0n) is 19.7. The monoisotopic (exact) mass is 445 g/mol. The Balaban J connectivity index is 1.43. The maximum absolute atomic E-state index is 6.22. The summed E-state index contributed by atoms with van der Waals surface area (Å²) in [5.74, 6) is 2.06. The van der Waals surface area contributed by atoms with Crippen molar-refractivity contribution in [3.05, 3.63) is 48.8 Å². The molecule has 2 aromatic carbocycles. The Morgan fingerprint density at radius 1 is 1.06 bits per heavy atom. The second-order valence-electron chi connectivity index (χ2n) is 9.06. The fourth-order valence-electron chi connectivity index (χ4n) is 4.49. The smallest absolute Gasteiger partial charge is 0.227 e. The molecule has 0 radical (unpaired) electrons. The molecular formula is C26H31N5O2. The summed E-state index contributed by atoms with van der Waals surface area (Å²) in [6.07, 6.45) is 6.31. The van der Waals surface area contributed by atoms with E-state index in [0.29, 0.717) is 17.7 Å². The van der Waals surface area contributed by atoms with Gasteiger partial charge in [-0.25, -0.2) is 9.97 Å². The van der Waals surface area contributed by atoms with E-state index < -0.39 is 0 Å². The van der Waals surface area contributed by atoms with Crippen molar-refractivity contribution in [2.24, 2.45) is 0 Å². The van der Waals surface area contributed by atoms with Crippen LogP contribution in [-0.4, -0.2) is 52.8 Å². The Morgan fingerprint density at radius 3 is 2.61 bits per heavy atom. The first kappa shape index (κ1) is 21.5. The van der Waals surface area contributed by atoms with Crippen LogP contribution in [0.4, 0.5) is 11.6 Å². The van der Waals surface area contributed by atoms with Crippen molar-refractivity contribution in [3.8, 4) is 11.5 Å². The molecule has 0 amide bonds. The third-order valence-corrected chi connectivity index (χ3v) is 6.37. The molecule has 3 heterocycles. The molecule has 2 aromatic heterocycles. The number of methoxy groups -OCH3 is 1. The largest absolute Gasteiger partial charge is 0.494 e. The molecule has 1 saturated heterocycles. The molecule has 0 saturated carbocycles. The Kier molecular flexibility index (Phi) is 5.81. The molecule has 7 nitrogen and oxygen atoms in total. The SMILES string of the molecule is COc1cc(OC2CCN(C)CC2)ccc1Nc1ncc2ccc3ccn(C(C)C)c3c2n1. The topological polar surface area (TPSA) is 64.4 Å². The predicted octanol–water partition coefficient (Wildman–Crippen LogP) is 5.39. The van der Waals surface area contributed by atoms with E-state index in [0.717, 1.165) is 53.8 Å². The highest BCUT2D eigenvalue weighted by Gasteiger charge is 2.19. The van der Waals surface area contributed by atoms with Gasteiger partial charge in [-0.15, -0.1) is 0 Å². The number of benzene rings is 2. The summed E-state index contributed by atoms with van der Waals surface area (Å²) in [5.41, 5.74) is 2.87. The number of ether oxygens (including phenoxy) is 2. The molecule has 0 atom stereocenters. The lowest BCUT2D eigenvalue weighted by atomic mass is 10.1. The Morgan fingerprint density at radius 2 is 1.85 bits per heavy atom. The first-order chi connectivity index (χ1) is 16.0. The van der Waals surface area contributed by atoms with Gasteiger partial charge in [-0.2, -0.15) is 0 Å². The minimum absolute atomic E-state index is 0.244. The van der Waals surface area contributed by atoms with E-state index in [2.05, 4.69) is 65.1 Å². The fraction of sp³-hybridized carbons (Fsp3) is 0.385. The van der Waals surface area contributed by atoms with Crippen LogP contribution < -0.4 is 14.8 Å². The highest BCUT2D eigenvalue weighted by Crippen LogP contribution is 2.33. The van der Waals surface area contributed by atoms with Crippen molar-refractivity contribution in [1.82, 2.24) is 19.4 Å². The van der Waals surface area contributed by atoms with Crippen LogP contribution in [0.5, 0.6) is 11.5 Å². The maximum atomic E-state index is 6.22.